The molecule has 0 fully saturated rings. The number of aliphatic imine (C=N–C) groups is 1. The van der Waals surface area contributed by atoms with Crippen molar-refractivity contribution >= 4 is 5.84 Å². The van der Waals surface area contributed by atoms with Crippen LogP contribution in [-0.2, 0) is 0 Å². The third kappa shape index (κ3) is 7.37. The van der Waals surface area contributed by atoms with E-state index in [-0.39, 0.29) is 5.54 Å². The summed E-state index contributed by atoms with van der Waals surface area (Å²) in [6.45, 7) is 12.6. The quantitative estimate of drug-likeness (QED) is 0.457. The molecule has 0 aliphatic carbocycles. The van der Waals surface area contributed by atoms with Crippen LogP contribution in [0.1, 0.15) is 41.5 Å². The number of hydrogen-bond donors (Lipinski definition) is 1. The molecule has 0 spiro atoms. The molecule has 2 heteroatoms. The molecule has 0 aliphatic rings. The second-order valence-corrected chi connectivity index (χ2v) is 4.18. The molecule has 0 radical (unpaired) electrons. The molecule has 0 amide bonds. The van der Waals surface area contributed by atoms with Gasteiger partial charge in [-0.05, 0) is 41.5 Å². The summed E-state index contributed by atoms with van der Waals surface area (Å²) < 4.78 is 0. The predicted octanol–water partition coefficient (Wildman–Crippen LogP) is 2.20. The highest BCUT2D eigenvalue weighted by Crippen LogP contribution is 1.99. The van der Waals surface area contributed by atoms with Crippen molar-refractivity contribution in [2.75, 3.05) is 0 Å². The molecule has 11 heavy (non-hydrogen) atoms. The van der Waals surface area contributed by atoms with Crippen LogP contribution in [0.25, 0.3) is 0 Å². The van der Waals surface area contributed by atoms with Gasteiger partial charge >= 0.3 is 0 Å². The van der Waals surface area contributed by atoms with Crippen LogP contribution < -0.4 is 5.32 Å². The van der Waals surface area contributed by atoms with E-state index >= 15 is 0 Å². The summed E-state index contributed by atoms with van der Waals surface area (Å²) in [7, 11) is 0. The van der Waals surface area contributed by atoms with E-state index in [1.54, 1.807) is 0 Å². The van der Waals surface area contributed by atoms with Crippen LogP contribution in [0.3, 0.4) is 0 Å². The van der Waals surface area contributed by atoms with Crippen molar-refractivity contribution in [1.82, 2.24) is 5.32 Å². The molecule has 0 rings (SSSR count). The van der Waals surface area contributed by atoms with Crippen molar-refractivity contribution in [3.63, 3.8) is 0 Å². The molecule has 0 saturated carbocycles. The maximum atomic E-state index is 4.37. The number of nitrogens with zero attached hydrogens (tertiary/aromatic N) is 1. The van der Waals surface area contributed by atoms with E-state index in [0.717, 1.165) is 5.84 Å². The van der Waals surface area contributed by atoms with Crippen molar-refractivity contribution in [3.8, 4) is 0 Å². The van der Waals surface area contributed by atoms with Gasteiger partial charge in [-0.15, -0.1) is 0 Å². The van der Waals surface area contributed by atoms with Crippen LogP contribution in [0.5, 0.6) is 0 Å². The van der Waals surface area contributed by atoms with Crippen molar-refractivity contribution in [1.29, 1.82) is 0 Å². The van der Waals surface area contributed by atoms with Crippen LogP contribution in [0.15, 0.2) is 4.99 Å². The van der Waals surface area contributed by atoms with Crippen LogP contribution in [0.4, 0.5) is 0 Å². The summed E-state index contributed by atoms with van der Waals surface area (Å²) in [5.41, 5.74) is 0.127. The molecular formula is C9H20N2. The Morgan fingerprint density at radius 2 is 1.73 bits per heavy atom. The fourth-order valence-electron chi connectivity index (χ4n) is 0.962. The van der Waals surface area contributed by atoms with E-state index in [2.05, 4.69) is 44.9 Å². The standard InChI is InChI=1S/C9H20N2/c1-7(2)10-8(3)11-9(4,5)6/h7H,1-6H3,(H,10,11). The molecular weight excluding hydrogens is 136 g/mol. The molecule has 0 unspecified atom stereocenters. The predicted molar refractivity (Wildman–Crippen MR) is 51.1 cm³/mol. The van der Waals surface area contributed by atoms with E-state index < -0.39 is 0 Å². The Labute approximate surface area is 70.1 Å². The van der Waals surface area contributed by atoms with Gasteiger partial charge < -0.3 is 5.32 Å². The first-order valence-electron chi connectivity index (χ1n) is 4.14. The molecule has 66 valence electrons. The monoisotopic (exact) mass is 156 g/mol. The molecule has 0 aromatic heterocycles. The van der Waals surface area contributed by atoms with Crippen LogP contribution in [0, 0.1) is 0 Å². The maximum Gasteiger partial charge on any atom is 0.0938 e. The zero-order valence-corrected chi connectivity index (χ0v) is 8.52. The molecule has 0 atom stereocenters. The first kappa shape index (κ1) is 10.5. The Bertz CT molecular complexity index is 140. The third-order valence-electron chi connectivity index (χ3n) is 1.01. The van der Waals surface area contributed by atoms with Crippen molar-refractivity contribution in [2.45, 2.75) is 53.1 Å². The first-order valence-corrected chi connectivity index (χ1v) is 4.14. The zero-order valence-electron chi connectivity index (χ0n) is 8.52. The number of nitrogens with one attached hydrogen (secondary N) is 1. The van der Waals surface area contributed by atoms with Crippen LogP contribution in [-0.4, -0.2) is 17.4 Å². The van der Waals surface area contributed by atoms with E-state index in [0.29, 0.717) is 6.04 Å². The Morgan fingerprint density at radius 1 is 1.27 bits per heavy atom. The lowest BCUT2D eigenvalue weighted by Crippen LogP contribution is -2.39. The summed E-state index contributed by atoms with van der Waals surface area (Å²) in [6.07, 6.45) is 0. The molecule has 0 heterocycles. The average Bonchev–Trinajstić information content (AvgIpc) is 1.53. The second-order valence-electron chi connectivity index (χ2n) is 4.18. The number of hydrogen-bond acceptors (Lipinski definition) is 1. The highest BCUT2D eigenvalue weighted by Gasteiger charge is 2.08. The summed E-state index contributed by atoms with van der Waals surface area (Å²) in [5, 5.41) is 3.30. The van der Waals surface area contributed by atoms with Gasteiger partial charge in [0.05, 0.1) is 5.84 Å². The highest BCUT2D eigenvalue weighted by atomic mass is 15.0. The molecule has 0 aliphatic heterocycles. The van der Waals surface area contributed by atoms with E-state index in [4.69, 9.17) is 0 Å². The maximum absolute atomic E-state index is 4.37. The molecule has 0 aromatic carbocycles. The lowest BCUT2D eigenvalue weighted by Gasteiger charge is -2.21. The number of rotatable bonds is 1. The van der Waals surface area contributed by atoms with Gasteiger partial charge in [0.1, 0.15) is 0 Å². The minimum atomic E-state index is 0.127. The largest absolute Gasteiger partial charge is 0.369 e. The fraction of sp³-hybridized carbons (Fsp3) is 0.889. The molecule has 1 N–H and O–H groups in total. The van der Waals surface area contributed by atoms with Crippen LogP contribution in [0.2, 0.25) is 0 Å². The first-order chi connectivity index (χ1) is 4.81. The molecule has 0 aromatic rings. The van der Waals surface area contributed by atoms with Gasteiger partial charge in [0, 0.05) is 11.6 Å². The van der Waals surface area contributed by atoms with Gasteiger partial charge in [-0.2, -0.15) is 0 Å². The summed E-state index contributed by atoms with van der Waals surface area (Å²) in [5.74, 6) is 1.02. The van der Waals surface area contributed by atoms with Gasteiger partial charge in [-0.1, -0.05) is 0 Å². The van der Waals surface area contributed by atoms with Gasteiger partial charge in [-0.3, -0.25) is 4.99 Å². The van der Waals surface area contributed by atoms with Gasteiger partial charge in [0.2, 0.25) is 0 Å². The molecule has 0 bridgehead atoms. The molecule has 0 saturated heterocycles. The fourth-order valence-corrected chi connectivity index (χ4v) is 0.962. The summed E-state index contributed by atoms with van der Waals surface area (Å²) in [6, 6.07) is 0.379. The lowest BCUT2D eigenvalue weighted by atomic mass is 10.1. The second kappa shape index (κ2) is 3.74. The van der Waals surface area contributed by atoms with Crippen molar-refractivity contribution < 1.29 is 0 Å². The average molecular weight is 156 g/mol. The SMILES string of the molecule is CC(=NC(C)C)NC(C)(C)C. The van der Waals surface area contributed by atoms with Crippen molar-refractivity contribution in [3.05, 3.63) is 0 Å². The Kier molecular flexibility index (Phi) is 3.56. The lowest BCUT2D eigenvalue weighted by molar-refractivity contribution is 0.508. The smallest absolute Gasteiger partial charge is 0.0938 e. The van der Waals surface area contributed by atoms with Gasteiger partial charge in [0.15, 0.2) is 0 Å². The van der Waals surface area contributed by atoms with Crippen molar-refractivity contribution in [2.24, 2.45) is 4.99 Å². The minimum Gasteiger partial charge on any atom is -0.369 e. The van der Waals surface area contributed by atoms with Crippen LogP contribution >= 0.6 is 0 Å². The highest BCUT2D eigenvalue weighted by molar-refractivity contribution is 5.80. The Balaban J connectivity index is 3.97. The topological polar surface area (TPSA) is 24.4 Å². The minimum absolute atomic E-state index is 0.127. The molecule has 2 nitrogen and oxygen atoms in total. The Hall–Kier alpha value is -0.530. The summed E-state index contributed by atoms with van der Waals surface area (Å²) >= 11 is 0. The van der Waals surface area contributed by atoms with E-state index in [1.165, 1.54) is 0 Å². The summed E-state index contributed by atoms with van der Waals surface area (Å²) in [4.78, 5) is 4.37. The van der Waals surface area contributed by atoms with Gasteiger partial charge in [-0.25, -0.2) is 0 Å². The zero-order chi connectivity index (χ0) is 9.07. The number of amidine groups is 1. The van der Waals surface area contributed by atoms with Gasteiger partial charge in [0.25, 0.3) is 0 Å². The van der Waals surface area contributed by atoms with E-state index in [1.807, 2.05) is 6.92 Å². The Morgan fingerprint density at radius 3 is 2.00 bits per heavy atom. The third-order valence-corrected chi connectivity index (χ3v) is 1.01. The van der Waals surface area contributed by atoms with E-state index in [9.17, 15) is 0 Å². The normalized spacial score (nSPS) is 13.9.